The van der Waals surface area contributed by atoms with Gasteiger partial charge in [0.15, 0.2) is 0 Å². The molecule has 2 heteroatoms. The Morgan fingerprint density at radius 3 is 2.24 bits per heavy atom. The fourth-order valence-electron chi connectivity index (χ4n) is 2.69. The van der Waals surface area contributed by atoms with E-state index < -0.39 is 11.4 Å². The Labute approximate surface area is 103 Å². The SMILES string of the molecule is CC(C)CCC1(C(=O)O)Cc2ccccc2C1. The molecule has 0 amide bonds. The minimum atomic E-state index is -0.630. The predicted octanol–water partition coefficient (Wildman–Crippen LogP) is 3.29. The van der Waals surface area contributed by atoms with Gasteiger partial charge in [-0.25, -0.2) is 0 Å². The molecule has 0 saturated heterocycles. The third-order valence-corrected chi connectivity index (χ3v) is 3.83. The summed E-state index contributed by atoms with van der Waals surface area (Å²) in [5, 5.41) is 9.55. The van der Waals surface area contributed by atoms with Gasteiger partial charge in [0.05, 0.1) is 5.41 Å². The Morgan fingerprint density at radius 1 is 1.29 bits per heavy atom. The number of fused-ring (bicyclic) bond motifs is 1. The second-order valence-electron chi connectivity index (χ2n) is 5.64. The third kappa shape index (κ3) is 2.36. The maximum Gasteiger partial charge on any atom is 0.310 e. The lowest BCUT2D eigenvalue weighted by Crippen LogP contribution is -2.32. The highest BCUT2D eigenvalue weighted by Crippen LogP contribution is 2.41. The lowest BCUT2D eigenvalue weighted by molar-refractivity contribution is -0.149. The van der Waals surface area contributed by atoms with Gasteiger partial charge in [0.25, 0.3) is 0 Å². The zero-order valence-electron chi connectivity index (χ0n) is 10.6. The smallest absolute Gasteiger partial charge is 0.310 e. The van der Waals surface area contributed by atoms with Gasteiger partial charge in [0, 0.05) is 0 Å². The van der Waals surface area contributed by atoms with Crippen LogP contribution in [0.4, 0.5) is 0 Å². The molecule has 1 aromatic carbocycles. The van der Waals surface area contributed by atoms with E-state index in [2.05, 4.69) is 26.0 Å². The second-order valence-corrected chi connectivity index (χ2v) is 5.64. The first-order valence-electron chi connectivity index (χ1n) is 6.34. The molecule has 0 heterocycles. The summed E-state index contributed by atoms with van der Waals surface area (Å²) < 4.78 is 0. The van der Waals surface area contributed by atoms with Crippen molar-refractivity contribution in [3.8, 4) is 0 Å². The number of rotatable bonds is 4. The van der Waals surface area contributed by atoms with Gasteiger partial charge < -0.3 is 5.11 Å². The van der Waals surface area contributed by atoms with E-state index in [4.69, 9.17) is 0 Å². The van der Waals surface area contributed by atoms with Crippen molar-refractivity contribution in [1.82, 2.24) is 0 Å². The topological polar surface area (TPSA) is 37.3 Å². The van der Waals surface area contributed by atoms with E-state index in [1.165, 1.54) is 11.1 Å². The van der Waals surface area contributed by atoms with Crippen LogP contribution in [0.15, 0.2) is 24.3 Å². The summed E-state index contributed by atoms with van der Waals surface area (Å²) in [5.74, 6) is -0.0655. The average Bonchev–Trinajstić information content (AvgIpc) is 2.66. The summed E-state index contributed by atoms with van der Waals surface area (Å²) in [4.78, 5) is 11.6. The number of carboxylic acid groups (broad SMARTS) is 1. The van der Waals surface area contributed by atoms with Crippen molar-refractivity contribution in [2.75, 3.05) is 0 Å². The standard InChI is InChI=1S/C15H20O2/c1-11(2)7-8-15(14(16)17)9-12-5-3-4-6-13(12)10-15/h3-6,11H,7-10H2,1-2H3,(H,16,17). The molecule has 1 aliphatic rings. The quantitative estimate of drug-likeness (QED) is 0.865. The van der Waals surface area contributed by atoms with Crippen molar-refractivity contribution < 1.29 is 9.90 Å². The minimum Gasteiger partial charge on any atom is -0.481 e. The van der Waals surface area contributed by atoms with E-state index in [1.54, 1.807) is 0 Å². The minimum absolute atomic E-state index is 0.548. The van der Waals surface area contributed by atoms with E-state index in [-0.39, 0.29) is 0 Å². The first-order valence-corrected chi connectivity index (χ1v) is 6.34. The van der Waals surface area contributed by atoms with Gasteiger partial charge in [-0.1, -0.05) is 38.1 Å². The molecule has 1 aromatic rings. The molecular formula is C15H20O2. The Morgan fingerprint density at radius 2 is 1.82 bits per heavy atom. The van der Waals surface area contributed by atoms with Crippen LogP contribution in [0.3, 0.4) is 0 Å². The molecule has 0 aromatic heterocycles. The molecule has 1 aliphatic carbocycles. The van der Waals surface area contributed by atoms with Crippen LogP contribution in [-0.4, -0.2) is 11.1 Å². The lowest BCUT2D eigenvalue weighted by atomic mass is 9.79. The number of benzene rings is 1. The Kier molecular flexibility index (Phi) is 3.23. The van der Waals surface area contributed by atoms with Gasteiger partial charge in [0.2, 0.25) is 0 Å². The third-order valence-electron chi connectivity index (χ3n) is 3.83. The van der Waals surface area contributed by atoms with Gasteiger partial charge in [-0.15, -0.1) is 0 Å². The maximum absolute atomic E-state index is 11.6. The molecule has 2 nitrogen and oxygen atoms in total. The van der Waals surface area contributed by atoms with Crippen LogP contribution in [0.1, 0.15) is 37.8 Å². The van der Waals surface area contributed by atoms with Crippen molar-refractivity contribution in [1.29, 1.82) is 0 Å². The number of hydrogen-bond donors (Lipinski definition) is 1. The molecule has 0 aliphatic heterocycles. The molecule has 0 spiro atoms. The van der Waals surface area contributed by atoms with E-state index in [9.17, 15) is 9.90 Å². The van der Waals surface area contributed by atoms with E-state index in [0.29, 0.717) is 18.8 Å². The maximum atomic E-state index is 11.6. The number of carbonyl (C=O) groups is 1. The molecule has 17 heavy (non-hydrogen) atoms. The monoisotopic (exact) mass is 232 g/mol. The van der Waals surface area contributed by atoms with Crippen LogP contribution in [-0.2, 0) is 17.6 Å². The number of hydrogen-bond acceptors (Lipinski definition) is 1. The zero-order chi connectivity index (χ0) is 12.5. The average molecular weight is 232 g/mol. The molecule has 1 N–H and O–H groups in total. The first-order chi connectivity index (χ1) is 8.03. The molecule has 0 bridgehead atoms. The second kappa shape index (κ2) is 4.52. The Bertz CT molecular complexity index is 396. The van der Waals surface area contributed by atoms with E-state index in [0.717, 1.165) is 12.8 Å². The zero-order valence-corrected chi connectivity index (χ0v) is 10.6. The van der Waals surface area contributed by atoms with Crippen molar-refractivity contribution in [2.24, 2.45) is 11.3 Å². The summed E-state index contributed by atoms with van der Waals surface area (Å²) in [5.41, 5.74) is 1.89. The first kappa shape index (κ1) is 12.2. The van der Waals surface area contributed by atoms with E-state index in [1.807, 2.05) is 12.1 Å². The summed E-state index contributed by atoms with van der Waals surface area (Å²) in [7, 11) is 0. The summed E-state index contributed by atoms with van der Waals surface area (Å²) in [6.07, 6.45) is 3.17. The molecule has 92 valence electrons. The fourth-order valence-corrected chi connectivity index (χ4v) is 2.69. The predicted molar refractivity (Wildman–Crippen MR) is 68.0 cm³/mol. The van der Waals surface area contributed by atoms with Crippen molar-refractivity contribution in [3.05, 3.63) is 35.4 Å². The summed E-state index contributed by atoms with van der Waals surface area (Å²) >= 11 is 0. The molecule has 2 rings (SSSR count). The fraction of sp³-hybridized carbons (Fsp3) is 0.533. The van der Waals surface area contributed by atoms with Crippen molar-refractivity contribution in [3.63, 3.8) is 0 Å². The van der Waals surface area contributed by atoms with Crippen LogP contribution in [0.2, 0.25) is 0 Å². The molecular weight excluding hydrogens is 212 g/mol. The Balaban J connectivity index is 2.20. The van der Waals surface area contributed by atoms with Crippen molar-refractivity contribution >= 4 is 5.97 Å². The van der Waals surface area contributed by atoms with Gasteiger partial charge >= 0.3 is 5.97 Å². The summed E-state index contributed by atoms with van der Waals surface area (Å²) in [6, 6.07) is 8.13. The van der Waals surface area contributed by atoms with Gasteiger partial charge in [0.1, 0.15) is 0 Å². The normalized spacial score (nSPS) is 17.1. The lowest BCUT2D eigenvalue weighted by Gasteiger charge is -2.24. The van der Waals surface area contributed by atoms with Gasteiger partial charge in [-0.2, -0.15) is 0 Å². The van der Waals surface area contributed by atoms with Crippen molar-refractivity contribution in [2.45, 2.75) is 39.5 Å². The number of aliphatic carboxylic acids is 1. The van der Waals surface area contributed by atoms with Crippen LogP contribution < -0.4 is 0 Å². The molecule has 0 atom stereocenters. The largest absolute Gasteiger partial charge is 0.481 e. The van der Waals surface area contributed by atoms with Gasteiger partial charge in [-0.3, -0.25) is 4.79 Å². The molecule has 0 unspecified atom stereocenters. The highest BCUT2D eigenvalue weighted by molar-refractivity contribution is 5.77. The molecule has 0 radical (unpaired) electrons. The Hall–Kier alpha value is -1.31. The van der Waals surface area contributed by atoms with Crippen LogP contribution in [0, 0.1) is 11.3 Å². The van der Waals surface area contributed by atoms with Gasteiger partial charge in [-0.05, 0) is 42.7 Å². The molecule has 0 saturated carbocycles. The summed E-state index contributed by atoms with van der Waals surface area (Å²) in [6.45, 7) is 4.30. The van der Waals surface area contributed by atoms with Crippen LogP contribution >= 0.6 is 0 Å². The highest BCUT2D eigenvalue weighted by atomic mass is 16.4. The van der Waals surface area contributed by atoms with Crippen LogP contribution in [0.25, 0.3) is 0 Å². The number of carboxylic acids is 1. The van der Waals surface area contributed by atoms with E-state index >= 15 is 0 Å². The van der Waals surface area contributed by atoms with Crippen LogP contribution in [0.5, 0.6) is 0 Å². The highest BCUT2D eigenvalue weighted by Gasteiger charge is 2.43. The molecule has 0 fully saturated rings.